The summed E-state index contributed by atoms with van der Waals surface area (Å²) in [5, 5.41) is 0. The van der Waals surface area contributed by atoms with Gasteiger partial charge in [0.1, 0.15) is 12.1 Å². The fourth-order valence-electron chi connectivity index (χ4n) is 3.76. The minimum Gasteiger partial charge on any atom is -0.382 e. The van der Waals surface area contributed by atoms with E-state index in [0.717, 1.165) is 51.4 Å². The highest BCUT2D eigenvalue weighted by Gasteiger charge is 2.22. The first-order valence-electron chi connectivity index (χ1n) is 9.99. The van der Waals surface area contributed by atoms with Crippen LogP contribution in [0.15, 0.2) is 36.3 Å². The van der Waals surface area contributed by atoms with Crippen molar-refractivity contribution >= 4 is 5.82 Å². The molecule has 0 radical (unpaired) electrons. The maximum atomic E-state index is 5.68. The van der Waals surface area contributed by atoms with Gasteiger partial charge in [0.2, 0.25) is 0 Å². The Balaban J connectivity index is 1.43. The van der Waals surface area contributed by atoms with Gasteiger partial charge in [-0.2, -0.15) is 0 Å². The highest BCUT2D eigenvalue weighted by Crippen LogP contribution is 2.22. The van der Waals surface area contributed by atoms with E-state index >= 15 is 0 Å². The first-order chi connectivity index (χ1) is 13.3. The Morgan fingerprint density at radius 1 is 1.19 bits per heavy atom. The normalized spacial score (nSPS) is 20.7. The van der Waals surface area contributed by atoms with Crippen molar-refractivity contribution in [2.45, 2.75) is 19.8 Å². The summed E-state index contributed by atoms with van der Waals surface area (Å²) in [6.45, 7) is 9.54. The maximum absolute atomic E-state index is 5.68. The van der Waals surface area contributed by atoms with E-state index in [1.807, 2.05) is 6.20 Å². The van der Waals surface area contributed by atoms with E-state index in [0.29, 0.717) is 25.7 Å². The van der Waals surface area contributed by atoms with Crippen LogP contribution >= 0.6 is 0 Å². The van der Waals surface area contributed by atoms with Crippen LogP contribution in [0, 0.1) is 5.92 Å². The SMILES string of the molecule is CCc1cncnc1N1CCN(CC2C=CC=C(COCCOC)C2)CC1. The summed E-state index contributed by atoms with van der Waals surface area (Å²) in [7, 11) is 1.70. The van der Waals surface area contributed by atoms with Crippen LogP contribution in [0.25, 0.3) is 0 Å². The molecule has 1 atom stereocenters. The molecule has 0 bridgehead atoms. The fourth-order valence-corrected chi connectivity index (χ4v) is 3.76. The van der Waals surface area contributed by atoms with Crippen LogP contribution in [-0.2, 0) is 15.9 Å². The Bertz CT molecular complexity index is 639. The highest BCUT2D eigenvalue weighted by molar-refractivity contribution is 5.45. The van der Waals surface area contributed by atoms with Crippen molar-refractivity contribution < 1.29 is 9.47 Å². The number of ether oxygens (including phenoxy) is 2. The second kappa shape index (κ2) is 10.5. The van der Waals surface area contributed by atoms with E-state index in [2.05, 4.69) is 44.9 Å². The molecule has 3 rings (SSSR count). The van der Waals surface area contributed by atoms with Crippen molar-refractivity contribution in [1.29, 1.82) is 0 Å². The number of hydrogen-bond donors (Lipinski definition) is 0. The Labute approximate surface area is 162 Å². The standard InChI is InChI=1S/C21H32N4O2/c1-3-20-14-22-17-23-21(20)25-9-7-24(8-10-25)15-18-5-4-6-19(13-18)16-27-12-11-26-2/h4-6,14,17-18H,3,7-13,15-16H2,1-2H3. The van der Waals surface area contributed by atoms with Gasteiger partial charge in [-0.15, -0.1) is 0 Å². The van der Waals surface area contributed by atoms with Crippen molar-refractivity contribution in [3.05, 3.63) is 41.9 Å². The van der Waals surface area contributed by atoms with E-state index in [9.17, 15) is 0 Å². The Kier molecular flexibility index (Phi) is 7.80. The van der Waals surface area contributed by atoms with Crippen LogP contribution < -0.4 is 4.90 Å². The van der Waals surface area contributed by atoms with Gasteiger partial charge in [-0.25, -0.2) is 9.97 Å². The van der Waals surface area contributed by atoms with Crippen molar-refractivity contribution in [3.63, 3.8) is 0 Å². The van der Waals surface area contributed by atoms with Crippen LogP contribution in [0.3, 0.4) is 0 Å². The quantitative estimate of drug-likeness (QED) is 0.620. The van der Waals surface area contributed by atoms with E-state index in [1.54, 1.807) is 13.4 Å². The highest BCUT2D eigenvalue weighted by atomic mass is 16.5. The first-order valence-corrected chi connectivity index (χ1v) is 9.99. The molecule has 1 aliphatic carbocycles. The number of aromatic nitrogens is 2. The third-order valence-electron chi connectivity index (χ3n) is 5.27. The number of rotatable bonds is 9. The van der Waals surface area contributed by atoms with Crippen LogP contribution in [0.2, 0.25) is 0 Å². The largest absolute Gasteiger partial charge is 0.382 e. The summed E-state index contributed by atoms with van der Waals surface area (Å²) in [4.78, 5) is 13.7. The zero-order chi connectivity index (χ0) is 18.9. The molecular formula is C21H32N4O2. The van der Waals surface area contributed by atoms with Crippen molar-refractivity contribution in [3.8, 4) is 0 Å². The lowest BCUT2D eigenvalue weighted by molar-refractivity contribution is 0.0805. The summed E-state index contributed by atoms with van der Waals surface area (Å²) in [5.41, 5.74) is 2.62. The Morgan fingerprint density at radius 3 is 2.81 bits per heavy atom. The maximum Gasteiger partial charge on any atom is 0.135 e. The average molecular weight is 373 g/mol. The minimum atomic E-state index is 0.577. The number of anilines is 1. The van der Waals surface area contributed by atoms with E-state index in [1.165, 1.54) is 11.1 Å². The predicted octanol–water partition coefficient (Wildman–Crippen LogP) is 2.33. The topological polar surface area (TPSA) is 50.7 Å². The van der Waals surface area contributed by atoms with Gasteiger partial charge in [-0.3, -0.25) is 4.90 Å². The molecule has 1 aromatic heterocycles. The number of piperazine rings is 1. The number of aryl methyl sites for hydroxylation is 1. The van der Waals surface area contributed by atoms with Crippen molar-refractivity contribution in [2.24, 2.45) is 5.92 Å². The lowest BCUT2D eigenvalue weighted by atomic mass is 9.94. The molecule has 0 saturated carbocycles. The predicted molar refractivity (Wildman–Crippen MR) is 108 cm³/mol. The lowest BCUT2D eigenvalue weighted by Gasteiger charge is -2.37. The van der Waals surface area contributed by atoms with Crippen LogP contribution in [-0.4, -0.2) is 74.5 Å². The number of hydrogen-bond acceptors (Lipinski definition) is 6. The Hall–Kier alpha value is -1.76. The average Bonchev–Trinajstić information content (AvgIpc) is 2.72. The summed E-state index contributed by atoms with van der Waals surface area (Å²) >= 11 is 0. The second-order valence-corrected chi connectivity index (χ2v) is 7.23. The molecule has 0 amide bonds. The fraction of sp³-hybridized carbons (Fsp3) is 0.619. The molecule has 1 saturated heterocycles. The van der Waals surface area contributed by atoms with Gasteiger partial charge >= 0.3 is 0 Å². The van der Waals surface area contributed by atoms with E-state index < -0.39 is 0 Å². The van der Waals surface area contributed by atoms with Crippen LogP contribution in [0.5, 0.6) is 0 Å². The minimum absolute atomic E-state index is 0.577. The third-order valence-corrected chi connectivity index (χ3v) is 5.27. The number of methoxy groups -OCH3 is 1. The molecule has 1 unspecified atom stereocenters. The summed E-state index contributed by atoms with van der Waals surface area (Å²) in [6, 6.07) is 0. The first kappa shape index (κ1) is 20.0. The van der Waals surface area contributed by atoms with Gasteiger partial charge in [-0.1, -0.05) is 25.2 Å². The third kappa shape index (κ3) is 5.86. The molecule has 6 heteroatoms. The molecule has 1 aliphatic heterocycles. The summed E-state index contributed by atoms with van der Waals surface area (Å²) in [5.74, 6) is 1.69. The molecule has 2 aliphatic rings. The molecule has 6 nitrogen and oxygen atoms in total. The molecule has 2 heterocycles. The van der Waals surface area contributed by atoms with Gasteiger partial charge in [0, 0.05) is 51.6 Å². The number of allylic oxidation sites excluding steroid dienone is 2. The molecule has 1 fully saturated rings. The molecule has 1 aromatic rings. The molecule has 0 spiro atoms. The van der Waals surface area contributed by atoms with Crippen molar-refractivity contribution in [2.75, 3.05) is 64.6 Å². The zero-order valence-electron chi connectivity index (χ0n) is 16.6. The zero-order valence-corrected chi connectivity index (χ0v) is 16.6. The molecule has 0 aromatic carbocycles. The van der Waals surface area contributed by atoms with Gasteiger partial charge in [0.25, 0.3) is 0 Å². The van der Waals surface area contributed by atoms with Crippen LogP contribution in [0.1, 0.15) is 18.9 Å². The monoisotopic (exact) mass is 372 g/mol. The smallest absolute Gasteiger partial charge is 0.135 e. The van der Waals surface area contributed by atoms with Gasteiger partial charge in [-0.05, 0) is 24.3 Å². The molecular weight excluding hydrogens is 340 g/mol. The molecule has 148 valence electrons. The molecule has 0 N–H and O–H groups in total. The van der Waals surface area contributed by atoms with Gasteiger partial charge < -0.3 is 14.4 Å². The lowest BCUT2D eigenvalue weighted by Crippen LogP contribution is -2.48. The van der Waals surface area contributed by atoms with Gasteiger partial charge in [0.05, 0.1) is 19.8 Å². The summed E-state index contributed by atoms with van der Waals surface area (Å²) in [6.07, 6.45) is 12.4. The van der Waals surface area contributed by atoms with E-state index in [4.69, 9.17) is 9.47 Å². The van der Waals surface area contributed by atoms with Gasteiger partial charge in [0.15, 0.2) is 0 Å². The summed E-state index contributed by atoms with van der Waals surface area (Å²) < 4.78 is 10.7. The Morgan fingerprint density at radius 2 is 2.04 bits per heavy atom. The number of nitrogens with zero attached hydrogens (tertiary/aromatic N) is 4. The second-order valence-electron chi connectivity index (χ2n) is 7.23. The molecule has 27 heavy (non-hydrogen) atoms. The van der Waals surface area contributed by atoms with Crippen molar-refractivity contribution in [1.82, 2.24) is 14.9 Å². The van der Waals surface area contributed by atoms with Crippen LogP contribution in [0.4, 0.5) is 5.82 Å². The van der Waals surface area contributed by atoms with E-state index in [-0.39, 0.29) is 0 Å².